The van der Waals surface area contributed by atoms with E-state index in [0.29, 0.717) is 11.5 Å². The van der Waals surface area contributed by atoms with Gasteiger partial charge in [-0.15, -0.1) is 0 Å². The Morgan fingerprint density at radius 2 is 2.08 bits per heavy atom. The Kier molecular flexibility index (Phi) is 3.93. The first-order valence-electron chi connectivity index (χ1n) is 8.16. The second-order valence-electron chi connectivity index (χ2n) is 6.01. The molecule has 6 nitrogen and oxygen atoms in total. The van der Waals surface area contributed by atoms with Gasteiger partial charge < -0.3 is 10.1 Å². The van der Waals surface area contributed by atoms with Crippen LogP contribution in [-0.4, -0.2) is 27.8 Å². The lowest BCUT2D eigenvalue weighted by atomic mass is 10.1. The van der Waals surface area contributed by atoms with Gasteiger partial charge in [0.25, 0.3) is 0 Å². The van der Waals surface area contributed by atoms with Gasteiger partial charge in [-0.3, -0.25) is 4.79 Å². The minimum Gasteiger partial charge on any atom is -0.496 e. The molecule has 0 spiro atoms. The quantitative estimate of drug-likeness (QED) is 0.779. The Bertz CT molecular complexity index is 892. The smallest absolute Gasteiger partial charge is 0.228 e. The number of pyridine rings is 1. The SMILES string of the molecule is COc1ccccc1[C@H]1C[C@H]1C(=O)Nc1cccnc1-n1cccn1. The van der Waals surface area contributed by atoms with E-state index < -0.39 is 0 Å². The summed E-state index contributed by atoms with van der Waals surface area (Å²) in [5.41, 5.74) is 1.74. The van der Waals surface area contributed by atoms with E-state index in [1.54, 1.807) is 36.4 Å². The Hall–Kier alpha value is -3.15. The summed E-state index contributed by atoms with van der Waals surface area (Å²) in [6, 6.07) is 13.3. The maximum absolute atomic E-state index is 12.7. The first-order valence-corrected chi connectivity index (χ1v) is 8.16. The standard InChI is InChI=1S/C19H18N4O2/c1-25-17-8-3-2-6-13(17)14-12-15(14)19(24)22-16-7-4-9-20-18(16)23-11-5-10-21-23/h2-11,14-15H,12H2,1H3,(H,22,24)/t14-,15-/m1/s1. The van der Waals surface area contributed by atoms with Crippen LogP contribution < -0.4 is 10.1 Å². The van der Waals surface area contributed by atoms with E-state index in [1.807, 2.05) is 36.4 Å². The highest BCUT2D eigenvalue weighted by atomic mass is 16.5. The summed E-state index contributed by atoms with van der Waals surface area (Å²) in [5.74, 6) is 1.58. The van der Waals surface area contributed by atoms with Crippen molar-refractivity contribution in [2.75, 3.05) is 12.4 Å². The zero-order valence-corrected chi connectivity index (χ0v) is 13.8. The molecule has 4 rings (SSSR count). The molecule has 0 bridgehead atoms. The molecule has 1 aliphatic carbocycles. The van der Waals surface area contributed by atoms with Crippen LogP contribution in [0, 0.1) is 5.92 Å². The molecule has 0 radical (unpaired) electrons. The number of carbonyl (C=O) groups excluding carboxylic acids is 1. The topological polar surface area (TPSA) is 69.0 Å². The van der Waals surface area contributed by atoms with Crippen LogP contribution in [0.4, 0.5) is 5.69 Å². The van der Waals surface area contributed by atoms with Crippen LogP contribution in [-0.2, 0) is 4.79 Å². The number of rotatable bonds is 5. The number of amides is 1. The first-order chi connectivity index (χ1) is 12.3. The second kappa shape index (κ2) is 6.39. The Labute approximate surface area is 145 Å². The Morgan fingerprint density at radius 3 is 2.88 bits per heavy atom. The number of ether oxygens (including phenoxy) is 1. The molecule has 1 fully saturated rings. The third kappa shape index (κ3) is 2.98. The third-order valence-corrected chi connectivity index (χ3v) is 4.43. The lowest BCUT2D eigenvalue weighted by Gasteiger charge is -2.10. The molecule has 0 aliphatic heterocycles. The minimum atomic E-state index is -0.0537. The van der Waals surface area contributed by atoms with Crippen molar-refractivity contribution in [2.45, 2.75) is 12.3 Å². The molecule has 1 aliphatic rings. The molecular formula is C19H18N4O2. The van der Waals surface area contributed by atoms with Crippen LogP contribution >= 0.6 is 0 Å². The van der Waals surface area contributed by atoms with E-state index in [1.165, 1.54) is 0 Å². The zero-order chi connectivity index (χ0) is 17.2. The number of aromatic nitrogens is 3. The minimum absolute atomic E-state index is 0.00249. The van der Waals surface area contributed by atoms with E-state index >= 15 is 0 Å². The van der Waals surface area contributed by atoms with Crippen molar-refractivity contribution in [1.29, 1.82) is 0 Å². The maximum atomic E-state index is 12.7. The van der Waals surface area contributed by atoms with Gasteiger partial charge in [0.2, 0.25) is 5.91 Å². The number of hydrogen-bond donors (Lipinski definition) is 1. The number of hydrogen-bond acceptors (Lipinski definition) is 4. The average Bonchev–Trinajstić information content (AvgIpc) is 3.27. The number of anilines is 1. The molecule has 0 saturated heterocycles. The van der Waals surface area contributed by atoms with E-state index in [0.717, 1.165) is 17.7 Å². The molecule has 1 aromatic carbocycles. The predicted octanol–water partition coefficient (Wildman–Crippen LogP) is 3.02. The maximum Gasteiger partial charge on any atom is 0.228 e. The van der Waals surface area contributed by atoms with Crippen LogP contribution in [0.5, 0.6) is 5.75 Å². The van der Waals surface area contributed by atoms with Gasteiger partial charge in [-0.25, -0.2) is 9.67 Å². The van der Waals surface area contributed by atoms with Crippen molar-refractivity contribution in [3.63, 3.8) is 0 Å². The van der Waals surface area contributed by atoms with E-state index in [2.05, 4.69) is 15.4 Å². The normalized spacial score (nSPS) is 18.6. The zero-order valence-electron chi connectivity index (χ0n) is 13.8. The summed E-state index contributed by atoms with van der Waals surface area (Å²) in [7, 11) is 1.66. The molecule has 25 heavy (non-hydrogen) atoms. The predicted molar refractivity (Wildman–Crippen MR) is 93.8 cm³/mol. The highest BCUT2D eigenvalue weighted by molar-refractivity contribution is 5.96. The van der Waals surface area contributed by atoms with Crippen molar-refractivity contribution >= 4 is 11.6 Å². The Morgan fingerprint density at radius 1 is 1.20 bits per heavy atom. The molecule has 2 atom stereocenters. The number of para-hydroxylation sites is 1. The second-order valence-corrected chi connectivity index (χ2v) is 6.01. The van der Waals surface area contributed by atoms with Crippen LogP contribution in [0.15, 0.2) is 61.1 Å². The monoisotopic (exact) mass is 334 g/mol. The number of nitrogens with one attached hydrogen (secondary N) is 1. The van der Waals surface area contributed by atoms with Gasteiger partial charge in [0.15, 0.2) is 5.82 Å². The molecule has 2 heterocycles. The Balaban J connectivity index is 1.51. The van der Waals surface area contributed by atoms with Crippen LogP contribution in [0.2, 0.25) is 0 Å². The molecule has 3 aromatic rings. The van der Waals surface area contributed by atoms with Gasteiger partial charge in [-0.2, -0.15) is 5.10 Å². The summed E-state index contributed by atoms with van der Waals surface area (Å²) in [5, 5.41) is 7.18. The number of carbonyl (C=O) groups is 1. The van der Waals surface area contributed by atoms with Crippen molar-refractivity contribution < 1.29 is 9.53 Å². The molecule has 1 N–H and O–H groups in total. The first kappa shape index (κ1) is 15.4. The highest BCUT2D eigenvalue weighted by Gasteiger charge is 2.45. The molecule has 2 aromatic heterocycles. The number of nitrogens with zero attached hydrogens (tertiary/aromatic N) is 3. The van der Waals surface area contributed by atoms with Crippen molar-refractivity contribution in [3.8, 4) is 11.6 Å². The highest BCUT2D eigenvalue weighted by Crippen LogP contribution is 2.50. The molecule has 1 amide bonds. The van der Waals surface area contributed by atoms with Crippen LogP contribution in [0.1, 0.15) is 17.9 Å². The van der Waals surface area contributed by atoms with Crippen LogP contribution in [0.3, 0.4) is 0 Å². The van der Waals surface area contributed by atoms with Crippen molar-refractivity contribution in [1.82, 2.24) is 14.8 Å². The van der Waals surface area contributed by atoms with Gasteiger partial charge in [-0.05, 0) is 42.2 Å². The van der Waals surface area contributed by atoms with Gasteiger partial charge >= 0.3 is 0 Å². The van der Waals surface area contributed by atoms with Gasteiger partial charge in [0, 0.05) is 24.5 Å². The van der Waals surface area contributed by atoms with E-state index in [9.17, 15) is 4.79 Å². The lowest BCUT2D eigenvalue weighted by molar-refractivity contribution is -0.117. The van der Waals surface area contributed by atoms with E-state index in [-0.39, 0.29) is 17.7 Å². The molecular weight excluding hydrogens is 316 g/mol. The largest absolute Gasteiger partial charge is 0.496 e. The van der Waals surface area contributed by atoms with E-state index in [4.69, 9.17) is 4.74 Å². The summed E-state index contributed by atoms with van der Waals surface area (Å²) >= 11 is 0. The molecule has 1 saturated carbocycles. The third-order valence-electron chi connectivity index (χ3n) is 4.43. The van der Waals surface area contributed by atoms with Crippen LogP contribution in [0.25, 0.3) is 5.82 Å². The number of benzene rings is 1. The summed E-state index contributed by atoms with van der Waals surface area (Å²) in [4.78, 5) is 17.0. The fourth-order valence-corrected chi connectivity index (χ4v) is 3.10. The lowest BCUT2D eigenvalue weighted by Crippen LogP contribution is -2.17. The summed E-state index contributed by atoms with van der Waals surface area (Å²) in [6.07, 6.45) is 5.98. The summed E-state index contributed by atoms with van der Waals surface area (Å²) < 4.78 is 7.05. The van der Waals surface area contributed by atoms with Gasteiger partial charge in [0.1, 0.15) is 5.75 Å². The van der Waals surface area contributed by atoms with Gasteiger partial charge in [0.05, 0.1) is 12.8 Å². The number of methoxy groups -OCH3 is 1. The molecule has 126 valence electrons. The van der Waals surface area contributed by atoms with Gasteiger partial charge in [-0.1, -0.05) is 18.2 Å². The molecule has 6 heteroatoms. The molecule has 0 unspecified atom stereocenters. The van der Waals surface area contributed by atoms with Crippen molar-refractivity contribution in [2.24, 2.45) is 5.92 Å². The average molecular weight is 334 g/mol. The van der Waals surface area contributed by atoms with Crippen molar-refractivity contribution in [3.05, 3.63) is 66.6 Å². The summed E-state index contributed by atoms with van der Waals surface area (Å²) in [6.45, 7) is 0. The fraction of sp³-hybridized carbons (Fsp3) is 0.211. The fourth-order valence-electron chi connectivity index (χ4n) is 3.10.